The van der Waals surface area contributed by atoms with Crippen LogP contribution in [0.3, 0.4) is 0 Å². The number of rotatable bonds is 4. The number of benzene rings is 1. The summed E-state index contributed by atoms with van der Waals surface area (Å²) in [6.45, 7) is 4.62. The van der Waals surface area contributed by atoms with Crippen molar-refractivity contribution in [3.8, 4) is 0 Å². The smallest absolute Gasteiger partial charge is 0.159 e. The number of nitrogens with zero attached hydrogens (tertiary/aromatic N) is 2. The van der Waals surface area contributed by atoms with Gasteiger partial charge in [0.05, 0.1) is 6.04 Å². The summed E-state index contributed by atoms with van der Waals surface area (Å²) in [5.41, 5.74) is 0.622. The molecular formula is C17H19F2N3O. The summed E-state index contributed by atoms with van der Waals surface area (Å²) in [6, 6.07) is 5.63. The standard InChI is InChI=1S/C17H19F2N3O/c1-10(2)17-20-7-5-15(22-17)21-14-6-8-23-16(14)11-3-4-12(18)13(19)9-11/h3-5,7,9-10,14,16H,6,8H2,1-2H3,(H,20,21,22). The van der Waals surface area contributed by atoms with Crippen molar-refractivity contribution in [2.75, 3.05) is 11.9 Å². The van der Waals surface area contributed by atoms with Gasteiger partial charge in [0.2, 0.25) is 0 Å². The number of anilines is 1. The Hall–Kier alpha value is -2.08. The molecular weight excluding hydrogens is 300 g/mol. The maximum atomic E-state index is 13.5. The van der Waals surface area contributed by atoms with E-state index in [9.17, 15) is 8.78 Å². The number of aromatic nitrogens is 2. The third-order valence-electron chi connectivity index (χ3n) is 3.89. The van der Waals surface area contributed by atoms with Gasteiger partial charge in [0.15, 0.2) is 11.6 Å². The van der Waals surface area contributed by atoms with E-state index >= 15 is 0 Å². The Morgan fingerprint density at radius 1 is 1.22 bits per heavy atom. The molecule has 0 radical (unpaired) electrons. The predicted octanol–water partition coefficient (Wildman–Crippen LogP) is 3.82. The van der Waals surface area contributed by atoms with Gasteiger partial charge in [0, 0.05) is 18.7 Å². The van der Waals surface area contributed by atoms with Crippen molar-refractivity contribution in [1.82, 2.24) is 9.97 Å². The zero-order valence-electron chi connectivity index (χ0n) is 13.1. The molecule has 122 valence electrons. The summed E-state index contributed by atoms with van der Waals surface area (Å²) in [5.74, 6) is -0.00171. The molecule has 23 heavy (non-hydrogen) atoms. The van der Waals surface area contributed by atoms with Crippen LogP contribution in [0.2, 0.25) is 0 Å². The van der Waals surface area contributed by atoms with Crippen molar-refractivity contribution in [2.24, 2.45) is 0 Å². The highest BCUT2D eigenvalue weighted by molar-refractivity contribution is 5.37. The third kappa shape index (κ3) is 3.47. The number of hydrogen-bond acceptors (Lipinski definition) is 4. The lowest BCUT2D eigenvalue weighted by Crippen LogP contribution is -2.24. The minimum absolute atomic E-state index is 0.0465. The lowest BCUT2D eigenvalue weighted by molar-refractivity contribution is 0.107. The van der Waals surface area contributed by atoms with Gasteiger partial charge in [-0.3, -0.25) is 0 Å². The first kappa shape index (κ1) is 15.8. The molecule has 1 saturated heterocycles. The normalized spacial score (nSPS) is 20.9. The first-order valence-electron chi connectivity index (χ1n) is 7.70. The molecule has 1 aromatic heterocycles. The van der Waals surface area contributed by atoms with Crippen LogP contribution in [-0.4, -0.2) is 22.6 Å². The van der Waals surface area contributed by atoms with Crippen molar-refractivity contribution in [2.45, 2.75) is 38.3 Å². The predicted molar refractivity (Wildman–Crippen MR) is 83.2 cm³/mol. The van der Waals surface area contributed by atoms with Crippen molar-refractivity contribution >= 4 is 5.82 Å². The van der Waals surface area contributed by atoms with Crippen LogP contribution in [0.25, 0.3) is 0 Å². The number of ether oxygens (including phenoxy) is 1. The second kappa shape index (κ2) is 6.58. The Morgan fingerprint density at radius 3 is 2.78 bits per heavy atom. The summed E-state index contributed by atoms with van der Waals surface area (Å²) in [6.07, 6.45) is 2.15. The van der Waals surface area contributed by atoms with E-state index in [0.717, 1.165) is 18.3 Å². The summed E-state index contributed by atoms with van der Waals surface area (Å²) in [4.78, 5) is 8.72. The Morgan fingerprint density at radius 2 is 2.04 bits per heavy atom. The first-order valence-corrected chi connectivity index (χ1v) is 7.70. The molecule has 1 fully saturated rings. The maximum absolute atomic E-state index is 13.5. The molecule has 0 aliphatic carbocycles. The van der Waals surface area contributed by atoms with Crippen LogP contribution in [0, 0.1) is 11.6 Å². The Labute approximate surface area is 133 Å². The zero-order chi connectivity index (χ0) is 16.4. The van der Waals surface area contributed by atoms with E-state index in [4.69, 9.17) is 4.74 Å². The highest BCUT2D eigenvalue weighted by Crippen LogP contribution is 2.32. The Balaban J connectivity index is 1.79. The van der Waals surface area contributed by atoms with Crippen LogP contribution >= 0.6 is 0 Å². The highest BCUT2D eigenvalue weighted by Gasteiger charge is 2.30. The van der Waals surface area contributed by atoms with Crippen LogP contribution in [0.5, 0.6) is 0 Å². The van der Waals surface area contributed by atoms with Gasteiger partial charge in [-0.1, -0.05) is 19.9 Å². The van der Waals surface area contributed by atoms with Gasteiger partial charge in [-0.25, -0.2) is 18.7 Å². The average molecular weight is 319 g/mol. The zero-order valence-corrected chi connectivity index (χ0v) is 13.1. The molecule has 0 spiro atoms. The van der Waals surface area contributed by atoms with Crippen molar-refractivity contribution < 1.29 is 13.5 Å². The summed E-state index contributed by atoms with van der Waals surface area (Å²) >= 11 is 0. The Kier molecular flexibility index (Phi) is 4.52. The lowest BCUT2D eigenvalue weighted by atomic mass is 10.0. The van der Waals surface area contributed by atoms with Crippen molar-refractivity contribution in [1.29, 1.82) is 0 Å². The van der Waals surface area contributed by atoms with Crippen LogP contribution in [0.1, 0.15) is 43.7 Å². The van der Waals surface area contributed by atoms with Crippen molar-refractivity contribution in [3.63, 3.8) is 0 Å². The molecule has 1 aromatic carbocycles. The first-order chi connectivity index (χ1) is 11.0. The SMILES string of the molecule is CC(C)c1nccc(NC2CCOC2c2ccc(F)c(F)c2)n1. The van der Waals surface area contributed by atoms with Crippen LogP contribution in [-0.2, 0) is 4.74 Å². The van der Waals surface area contributed by atoms with Gasteiger partial charge in [-0.2, -0.15) is 0 Å². The molecule has 1 aliphatic rings. The minimum atomic E-state index is -0.860. The van der Waals surface area contributed by atoms with Gasteiger partial charge >= 0.3 is 0 Å². The molecule has 0 amide bonds. The topological polar surface area (TPSA) is 47.0 Å². The van der Waals surface area contributed by atoms with Crippen LogP contribution in [0.4, 0.5) is 14.6 Å². The van der Waals surface area contributed by atoms with Gasteiger partial charge in [0.25, 0.3) is 0 Å². The second-order valence-corrected chi connectivity index (χ2v) is 5.96. The molecule has 6 heteroatoms. The molecule has 2 unspecified atom stereocenters. The number of halogens is 2. The Bertz CT molecular complexity index is 693. The molecule has 4 nitrogen and oxygen atoms in total. The van der Waals surface area contributed by atoms with Gasteiger partial charge < -0.3 is 10.1 Å². The molecule has 2 heterocycles. The van der Waals surface area contributed by atoms with E-state index in [1.807, 2.05) is 13.8 Å². The summed E-state index contributed by atoms with van der Waals surface area (Å²) < 4.78 is 32.3. The fourth-order valence-electron chi connectivity index (χ4n) is 2.68. The second-order valence-electron chi connectivity index (χ2n) is 5.96. The molecule has 3 rings (SSSR count). The largest absolute Gasteiger partial charge is 0.371 e. The fraction of sp³-hybridized carbons (Fsp3) is 0.412. The number of hydrogen-bond donors (Lipinski definition) is 1. The summed E-state index contributed by atoms with van der Waals surface area (Å²) in [5, 5.41) is 3.33. The van der Waals surface area contributed by atoms with E-state index in [1.165, 1.54) is 6.07 Å². The lowest BCUT2D eigenvalue weighted by Gasteiger charge is -2.21. The van der Waals surface area contributed by atoms with E-state index in [0.29, 0.717) is 18.0 Å². The van der Waals surface area contributed by atoms with E-state index in [1.54, 1.807) is 18.3 Å². The quantitative estimate of drug-likeness (QED) is 0.930. The molecule has 2 aromatic rings. The van der Waals surface area contributed by atoms with Crippen LogP contribution < -0.4 is 5.32 Å². The van der Waals surface area contributed by atoms with Crippen molar-refractivity contribution in [3.05, 3.63) is 53.5 Å². The van der Waals surface area contributed by atoms with Crippen LogP contribution in [0.15, 0.2) is 30.5 Å². The molecule has 0 saturated carbocycles. The minimum Gasteiger partial charge on any atom is -0.371 e. The maximum Gasteiger partial charge on any atom is 0.159 e. The molecule has 1 N–H and O–H groups in total. The molecule has 1 aliphatic heterocycles. The number of nitrogens with one attached hydrogen (secondary N) is 1. The van der Waals surface area contributed by atoms with Gasteiger partial charge in [-0.15, -0.1) is 0 Å². The summed E-state index contributed by atoms with van der Waals surface area (Å²) in [7, 11) is 0. The molecule has 2 atom stereocenters. The highest BCUT2D eigenvalue weighted by atomic mass is 19.2. The fourth-order valence-corrected chi connectivity index (χ4v) is 2.68. The monoisotopic (exact) mass is 319 g/mol. The van der Waals surface area contributed by atoms with E-state index < -0.39 is 11.6 Å². The average Bonchev–Trinajstić information content (AvgIpc) is 2.98. The van der Waals surface area contributed by atoms with E-state index in [-0.39, 0.29) is 18.1 Å². The molecule has 0 bridgehead atoms. The van der Waals surface area contributed by atoms with Gasteiger partial charge in [-0.05, 0) is 30.2 Å². The third-order valence-corrected chi connectivity index (χ3v) is 3.89. The van der Waals surface area contributed by atoms with E-state index in [2.05, 4.69) is 15.3 Å². The van der Waals surface area contributed by atoms with Gasteiger partial charge in [0.1, 0.15) is 17.7 Å².